The Morgan fingerprint density at radius 1 is 0.517 bits per heavy atom. The molecule has 0 aliphatic heterocycles. The number of rotatable bonds is 8. The first-order chi connectivity index (χ1) is 28.9. The van der Waals surface area contributed by atoms with Crippen LogP contribution in [0.5, 0.6) is 0 Å². The van der Waals surface area contributed by atoms with Crippen LogP contribution >= 0.6 is 0 Å². The molecule has 0 atom stereocenters. The monoisotopic (exact) mass is 780 g/mol. The van der Waals surface area contributed by atoms with Crippen LogP contribution in [0, 0.1) is 0 Å². The summed E-state index contributed by atoms with van der Waals surface area (Å²) in [6.07, 6.45) is 2.73. The van der Waals surface area contributed by atoms with E-state index in [0.717, 1.165) is 73.9 Å². The number of benzene rings is 6. The molecule has 0 aliphatic carbocycles. The summed E-state index contributed by atoms with van der Waals surface area (Å²) in [5.74, 6) is 0.849. The number of aryl methyl sites for hydroxylation is 1. The third-order valence-corrected chi connectivity index (χ3v) is 11.7. The summed E-state index contributed by atoms with van der Waals surface area (Å²) in [6, 6.07) is 59.2. The first-order valence-corrected chi connectivity index (χ1v) is 21.1. The number of aromatic amines is 1. The second kappa shape index (κ2) is 15.4. The van der Waals surface area contributed by atoms with Crippen molar-refractivity contribution in [3.05, 3.63) is 187 Å². The first kappa shape index (κ1) is 38.7. The van der Waals surface area contributed by atoms with E-state index in [2.05, 4.69) is 216 Å². The molecule has 0 aliphatic rings. The maximum atomic E-state index is 5.59. The van der Waals surface area contributed by atoms with E-state index < -0.39 is 0 Å². The van der Waals surface area contributed by atoms with E-state index in [4.69, 9.17) is 9.97 Å². The maximum absolute atomic E-state index is 5.59. The molecule has 9 rings (SSSR count). The molecule has 0 saturated heterocycles. The van der Waals surface area contributed by atoms with Gasteiger partial charge in [-0.2, -0.15) is 0 Å². The fourth-order valence-corrected chi connectivity index (χ4v) is 8.30. The van der Waals surface area contributed by atoms with Gasteiger partial charge >= 0.3 is 0 Å². The first-order valence-electron chi connectivity index (χ1n) is 21.1. The van der Waals surface area contributed by atoms with Crippen molar-refractivity contribution in [2.45, 2.75) is 65.7 Å². The molecule has 3 aromatic heterocycles. The van der Waals surface area contributed by atoms with Crippen LogP contribution in [0.4, 0.5) is 17.2 Å². The molecule has 0 radical (unpaired) electrons. The highest BCUT2D eigenvalue weighted by atomic mass is 15.2. The van der Waals surface area contributed by atoms with Crippen LogP contribution in [-0.2, 0) is 17.3 Å². The van der Waals surface area contributed by atoms with Crippen molar-refractivity contribution in [1.29, 1.82) is 0 Å². The highest BCUT2D eigenvalue weighted by molar-refractivity contribution is 6.11. The fraction of sp³-hybridized carbons (Fsp3) is 0.179. The standard InChI is InChI=1S/C56H52N4/c1-8-37-29-41(33-44(30-37)60(53-27-16-17-28-57-53)52-26-15-13-21-45(52)38-19-10-9-11-20-38)50-34-40(39-31-42(55(2,3)4)36-43(32-39)56(5,6)7)35-51(58-50)48-24-18-23-47-46-22-12-14-25-49(46)59-54(47)48/h9-36,59H,8H2,1-7H3. The molecule has 0 saturated carbocycles. The third-order valence-electron chi connectivity index (χ3n) is 11.7. The van der Waals surface area contributed by atoms with Crippen LogP contribution in [-0.4, -0.2) is 15.0 Å². The number of anilines is 3. The van der Waals surface area contributed by atoms with Gasteiger partial charge in [0.05, 0.1) is 22.6 Å². The van der Waals surface area contributed by atoms with Gasteiger partial charge in [0.2, 0.25) is 0 Å². The van der Waals surface area contributed by atoms with Crippen LogP contribution in [0.2, 0.25) is 0 Å². The minimum Gasteiger partial charge on any atom is -0.354 e. The molecule has 60 heavy (non-hydrogen) atoms. The zero-order chi connectivity index (χ0) is 41.6. The lowest BCUT2D eigenvalue weighted by Crippen LogP contribution is -2.16. The summed E-state index contributed by atoms with van der Waals surface area (Å²) in [5, 5.41) is 2.41. The van der Waals surface area contributed by atoms with Gasteiger partial charge in [0, 0.05) is 44.9 Å². The Kier molecular flexibility index (Phi) is 9.96. The van der Waals surface area contributed by atoms with Crippen LogP contribution in [0.25, 0.3) is 66.6 Å². The Morgan fingerprint density at radius 3 is 1.90 bits per heavy atom. The van der Waals surface area contributed by atoms with E-state index in [-0.39, 0.29) is 10.8 Å². The van der Waals surface area contributed by atoms with Crippen molar-refractivity contribution < 1.29 is 0 Å². The van der Waals surface area contributed by atoms with Gasteiger partial charge in [-0.1, -0.05) is 158 Å². The predicted molar refractivity (Wildman–Crippen MR) is 255 cm³/mol. The number of para-hydroxylation sites is 3. The van der Waals surface area contributed by atoms with Gasteiger partial charge in [0.25, 0.3) is 0 Å². The Hall–Kier alpha value is -6.78. The minimum atomic E-state index is -0.0278. The zero-order valence-electron chi connectivity index (χ0n) is 35.7. The van der Waals surface area contributed by atoms with Crippen LogP contribution in [0.15, 0.2) is 170 Å². The quantitative estimate of drug-likeness (QED) is 0.167. The predicted octanol–water partition coefficient (Wildman–Crippen LogP) is 15.4. The van der Waals surface area contributed by atoms with E-state index in [1.165, 1.54) is 33.0 Å². The molecule has 3 heterocycles. The van der Waals surface area contributed by atoms with Gasteiger partial charge in [0.15, 0.2) is 0 Å². The SMILES string of the molecule is CCc1cc(-c2cc(-c3cc(C(C)(C)C)cc(C(C)(C)C)c3)cc(-c3cccc4c3[nH]c3ccccc34)n2)cc(N(c2ccccn2)c2ccccc2-c2ccccc2)c1. The van der Waals surface area contributed by atoms with Crippen molar-refractivity contribution in [2.75, 3.05) is 4.90 Å². The van der Waals surface area contributed by atoms with Gasteiger partial charge in [-0.15, -0.1) is 0 Å². The molecule has 0 unspecified atom stereocenters. The van der Waals surface area contributed by atoms with Crippen molar-refractivity contribution in [1.82, 2.24) is 15.0 Å². The molecular formula is C56H52N4. The summed E-state index contributed by atoms with van der Waals surface area (Å²) < 4.78 is 0. The number of pyridine rings is 2. The second-order valence-corrected chi connectivity index (χ2v) is 18.0. The molecule has 0 amide bonds. The Labute approximate surface area is 354 Å². The second-order valence-electron chi connectivity index (χ2n) is 18.0. The average Bonchev–Trinajstić information content (AvgIpc) is 3.65. The lowest BCUT2D eigenvalue weighted by Gasteiger charge is -2.28. The highest BCUT2D eigenvalue weighted by Crippen LogP contribution is 2.43. The van der Waals surface area contributed by atoms with Crippen molar-refractivity contribution in [2.24, 2.45) is 0 Å². The number of aromatic nitrogens is 3. The molecule has 1 N–H and O–H groups in total. The molecule has 4 nitrogen and oxygen atoms in total. The number of fused-ring (bicyclic) bond motifs is 3. The molecule has 0 spiro atoms. The van der Waals surface area contributed by atoms with E-state index in [0.29, 0.717) is 0 Å². The molecular weight excluding hydrogens is 729 g/mol. The average molecular weight is 781 g/mol. The normalized spacial score (nSPS) is 12.0. The molecule has 0 fully saturated rings. The Balaban J connectivity index is 1.31. The fourth-order valence-electron chi connectivity index (χ4n) is 8.30. The highest BCUT2D eigenvalue weighted by Gasteiger charge is 2.24. The van der Waals surface area contributed by atoms with Crippen LogP contribution in [0.3, 0.4) is 0 Å². The number of nitrogens with zero attached hydrogens (tertiary/aromatic N) is 3. The van der Waals surface area contributed by atoms with Gasteiger partial charge in [0.1, 0.15) is 5.82 Å². The third kappa shape index (κ3) is 7.50. The Morgan fingerprint density at radius 2 is 1.17 bits per heavy atom. The molecule has 0 bridgehead atoms. The van der Waals surface area contributed by atoms with Gasteiger partial charge < -0.3 is 4.98 Å². The van der Waals surface area contributed by atoms with Gasteiger partial charge in [-0.25, -0.2) is 9.97 Å². The summed E-state index contributed by atoms with van der Waals surface area (Å²) in [7, 11) is 0. The van der Waals surface area contributed by atoms with Crippen LogP contribution < -0.4 is 4.90 Å². The molecule has 9 aromatic rings. The number of hydrogen-bond acceptors (Lipinski definition) is 3. The Bertz CT molecular complexity index is 2950. The zero-order valence-corrected chi connectivity index (χ0v) is 35.7. The molecule has 4 heteroatoms. The number of hydrogen-bond donors (Lipinski definition) is 1. The summed E-state index contributed by atoms with van der Waals surface area (Å²) in [4.78, 5) is 16.6. The van der Waals surface area contributed by atoms with Gasteiger partial charge in [-0.3, -0.25) is 4.90 Å². The van der Waals surface area contributed by atoms with Gasteiger partial charge in [-0.05, 0) is 105 Å². The molecule has 6 aromatic carbocycles. The molecule has 296 valence electrons. The van der Waals surface area contributed by atoms with Crippen molar-refractivity contribution in [3.8, 4) is 44.8 Å². The summed E-state index contributed by atoms with van der Waals surface area (Å²) in [6.45, 7) is 16.1. The number of H-pyrrole nitrogens is 1. The smallest absolute Gasteiger partial charge is 0.137 e. The van der Waals surface area contributed by atoms with E-state index in [9.17, 15) is 0 Å². The maximum Gasteiger partial charge on any atom is 0.137 e. The lowest BCUT2D eigenvalue weighted by atomic mass is 9.79. The van der Waals surface area contributed by atoms with E-state index in [1.807, 2.05) is 12.3 Å². The minimum absolute atomic E-state index is 0.0278. The topological polar surface area (TPSA) is 44.8 Å². The summed E-state index contributed by atoms with van der Waals surface area (Å²) in [5.41, 5.74) is 16.7. The largest absolute Gasteiger partial charge is 0.354 e. The number of nitrogens with one attached hydrogen (secondary N) is 1. The van der Waals surface area contributed by atoms with Crippen LogP contribution in [0.1, 0.15) is 65.2 Å². The van der Waals surface area contributed by atoms with Crippen molar-refractivity contribution >= 4 is 39.0 Å². The lowest BCUT2D eigenvalue weighted by molar-refractivity contribution is 0.569. The summed E-state index contributed by atoms with van der Waals surface area (Å²) >= 11 is 0. The van der Waals surface area contributed by atoms with E-state index in [1.54, 1.807) is 0 Å². The van der Waals surface area contributed by atoms with E-state index >= 15 is 0 Å². The van der Waals surface area contributed by atoms with Crippen molar-refractivity contribution in [3.63, 3.8) is 0 Å².